The van der Waals surface area contributed by atoms with Crippen molar-refractivity contribution in [3.63, 3.8) is 0 Å². The summed E-state index contributed by atoms with van der Waals surface area (Å²) in [6, 6.07) is 9.70. The number of nitrogens with one attached hydrogen (secondary N) is 1. The molecule has 0 bridgehead atoms. The number of rotatable bonds is 6. The molecule has 0 fully saturated rings. The molecule has 0 aliphatic heterocycles. The molecule has 4 nitrogen and oxygen atoms in total. The van der Waals surface area contributed by atoms with Crippen LogP contribution in [0.1, 0.15) is 16.7 Å². The lowest BCUT2D eigenvalue weighted by atomic mass is 10.0. The van der Waals surface area contributed by atoms with Crippen LogP contribution in [0.5, 0.6) is 0 Å². The van der Waals surface area contributed by atoms with E-state index in [2.05, 4.69) is 5.32 Å². The summed E-state index contributed by atoms with van der Waals surface area (Å²) in [7, 11) is 0. The van der Waals surface area contributed by atoms with Crippen molar-refractivity contribution in [2.45, 2.75) is 25.1 Å². The number of alkyl halides is 3. The number of aliphatic carboxylic acids is 1. The molecule has 2 N–H and O–H groups in total. The van der Waals surface area contributed by atoms with Crippen molar-refractivity contribution in [1.29, 1.82) is 0 Å². The first-order valence-electron chi connectivity index (χ1n) is 7.58. The number of carboxylic acids is 1. The molecule has 26 heavy (non-hydrogen) atoms. The molecular formula is C18H15ClF3NO3. The maximum absolute atomic E-state index is 12.7. The predicted molar refractivity (Wildman–Crippen MR) is 89.9 cm³/mol. The quantitative estimate of drug-likeness (QED) is 0.796. The Kier molecular flexibility index (Phi) is 6.26. The van der Waals surface area contributed by atoms with Gasteiger partial charge in [-0.25, -0.2) is 4.79 Å². The SMILES string of the molecule is O=C(Cc1cccc(C(F)(F)F)c1)N[C@@H](Cc1ccccc1Cl)C(=O)O. The predicted octanol–water partition coefficient (Wildman–Crippen LogP) is 3.71. The number of hydrogen-bond donors (Lipinski definition) is 2. The van der Waals surface area contributed by atoms with Gasteiger partial charge in [-0.05, 0) is 23.3 Å². The first-order valence-corrected chi connectivity index (χ1v) is 7.96. The van der Waals surface area contributed by atoms with Crippen LogP contribution in [0.4, 0.5) is 13.2 Å². The van der Waals surface area contributed by atoms with Gasteiger partial charge < -0.3 is 10.4 Å². The van der Waals surface area contributed by atoms with E-state index in [-0.39, 0.29) is 18.4 Å². The van der Waals surface area contributed by atoms with Gasteiger partial charge >= 0.3 is 12.1 Å². The third kappa shape index (κ3) is 5.49. The second-order valence-electron chi connectivity index (χ2n) is 5.63. The minimum absolute atomic E-state index is 0.0384. The van der Waals surface area contributed by atoms with Crippen LogP contribution < -0.4 is 5.32 Å². The average Bonchev–Trinajstić information content (AvgIpc) is 2.55. The minimum Gasteiger partial charge on any atom is -0.480 e. The second kappa shape index (κ2) is 8.23. The van der Waals surface area contributed by atoms with Crippen molar-refractivity contribution >= 4 is 23.5 Å². The molecule has 0 aliphatic rings. The lowest BCUT2D eigenvalue weighted by Gasteiger charge is -2.16. The Bertz CT molecular complexity index is 808. The molecule has 8 heteroatoms. The first kappa shape index (κ1) is 19.8. The molecule has 2 aromatic carbocycles. The summed E-state index contributed by atoms with van der Waals surface area (Å²) in [5.74, 6) is -1.95. The number of carbonyl (C=O) groups excluding carboxylic acids is 1. The van der Waals surface area contributed by atoms with Crippen LogP contribution in [0.15, 0.2) is 48.5 Å². The molecule has 1 amide bonds. The number of hydrogen-bond acceptors (Lipinski definition) is 2. The maximum atomic E-state index is 12.7. The average molecular weight is 386 g/mol. The van der Waals surface area contributed by atoms with E-state index in [4.69, 9.17) is 11.6 Å². The van der Waals surface area contributed by atoms with Crippen molar-refractivity contribution in [3.05, 3.63) is 70.2 Å². The maximum Gasteiger partial charge on any atom is 0.416 e. The van der Waals surface area contributed by atoms with E-state index in [1.165, 1.54) is 12.1 Å². The highest BCUT2D eigenvalue weighted by Gasteiger charge is 2.30. The highest BCUT2D eigenvalue weighted by Crippen LogP contribution is 2.29. The largest absolute Gasteiger partial charge is 0.480 e. The first-order chi connectivity index (χ1) is 12.2. The van der Waals surface area contributed by atoms with Gasteiger partial charge in [0.1, 0.15) is 6.04 Å². The molecule has 0 spiro atoms. The van der Waals surface area contributed by atoms with E-state index in [9.17, 15) is 27.9 Å². The molecule has 0 aromatic heterocycles. The zero-order chi connectivity index (χ0) is 19.3. The van der Waals surface area contributed by atoms with Crippen molar-refractivity contribution < 1.29 is 27.9 Å². The van der Waals surface area contributed by atoms with Crippen LogP contribution in [0.2, 0.25) is 5.02 Å². The van der Waals surface area contributed by atoms with Gasteiger partial charge in [0.05, 0.1) is 12.0 Å². The minimum atomic E-state index is -4.51. The van der Waals surface area contributed by atoms with Crippen LogP contribution >= 0.6 is 11.6 Å². The summed E-state index contributed by atoms with van der Waals surface area (Å²) in [5, 5.41) is 12.0. The Morgan fingerprint density at radius 2 is 1.81 bits per heavy atom. The Morgan fingerprint density at radius 3 is 2.42 bits per heavy atom. The van der Waals surface area contributed by atoms with Gasteiger partial charge in [0, 0.05) is 11.4 Å². The van der Waals surface area contributed by atoms with E-state index in [0.717, 1.165) is 12.1 Å². The highest BCUT2D eigenvalue weighted by molar-refractivity contribution is 6.31. The Morgan fingerprint density at radius 1 is 1.12 bits per heavy atom. The topological polar surface area (TPSA) is 66.4 Å². The number of halogens is 4. The third-order valence-electron chi connectivity index (χ3n) is 3.63. The summed E-state index contributed by atoms with van der Waals surface area (Å²) in [4.78, 5) is 23.5. The molecule has 2 rings (SSSR count). The Balaban J connectivity index is 2.07. The fourth-order valence-corrected chi connectivity index (χ4v) is 2.59. The fourth-order valence-electron chi connectivity index (χ4n) is 2.37. The van der Waals surface area contributed by atoms with E-state index in [1.807, 2.05) is 0 Å². The van der Waals surface area contributed by atoms with E-state index >= 15 is 0 Å². The van der Waals surface area contributed by atoms with Crippen LogP contribution in [-0.4, -0.2) is 23.0 Å². The van der Waals surface area contributed by atoms with Gasteiger partial charge in [0.2, 0.25) is 5.91 Å². The van der Waals surface area contributed by atoms with Crippen LogP contribution in [0.3, 0.4) is 0 Å². The second-order valence-corrected chi connectivity index (χ2v) is 6.04. The van der Waals surface area contributed by atoms with Crippen molar-refractivity contribution in [1.82, 2.24) is 5.32 Å². The fraction of sp³-hybridized carbons (Fsp3) is 0.222. The van der Waals surface area contributed by atoms with Gasteiger partial charge in [-0.15, -0.1) is 0 Å². The summed E-state index contributed by atoms with van der Waals surface area (Å²) in [5.41, 5.74) is -0.186. The summed E-state index contributed by atoms with van der Waals surface area (Å²) < 4.78 is 38.1. The van der Waals surface area contributed by atoms with Crippen molar-refractivity contribution in [2.24, 2.45) is 0 Å². The van der Waals surface area contributed by atoms with E-state index < -0.39 is 29.7 Å². The molecule has 0 radical (unpaired) electrons. The van der Waals surface area contributed by atoms with E-state index in [1.54, 1.807) is 24.3 Å². The number of amides is 1. The highest BCUT2D eigenvalue weighted by atomic mass is 35.5. The van der Waals surface area contributed by atoms with Crippen LogP contribution in [0.25, 0.3) is 0 Å². The summed E-state index contributed by atoms with van der Waals surface area (Å²) in [6.45, 7) is 0. The third-order valence-corrected chi connectivity index (χ3v) is 4.00. The van der Waals surface area contributed by atoms with Crippen LogP contribution in [-0.2, 0) is 28.6 Å². The van der Waals surface area contributed by atoms with Crippen molar-refractivity contribution in [2.75, 3.05) is 0 Å². The Hall–Kier alpha value is -2.54. The molecule has 2 aromatic rings. The van der Waals surface area contributed by atoms with Crippen LogP contribution in [0, 0.1) is 0 Å². The molecular weight excluding hydrogens is 371 g/mol. The number of benzene rings is 2. The molecule has 0 saturated carbocycles. The Labute approximate surface area is 152 Å². The van der Waals surface area contributed by atoms with Gasteiger partial charge in [-0.2, -0.15) is 13.2 Å². The molecule has 0 saturated heterocycles. The lowest BCUT2D eigenvalue weighted by molar-refractivity contribution is -0.141. The number of carbonyl (C=O) groups is 2. The zero-order valence-corrected chi connectivity index (χ0v) is 14.1. The summed E-state index contributed by atoms with van der Waals surface area (Å²) >= 11 is 5.99. The lowest BCUT2D eigenvalue weighted by Crippen LogP contribution is -2.43. The zero-order valence-electron chi connectivity index (χ0n) is 13.4. The molecule has 0 aliphatic carbocycles. The number of carboxylic acid groups (broad SMARTS) is 1. The monoisotopic (exact) mass is 385 g/mol. The smallest absolute Gasteiger partial charge is 0.416 e. The summed E-state index contributed by atoms with van der Waals surface area (Å²) in [6.07, 6.45) is -4.92. The van der Waals surface area contributed by atoms with Crippen molar-refractivity contribution in [3.8, 4) is 0 Å². The standard InChI is InChI=1S/C18H15ClF3NO3/c19-14-7-2-1-5-12(14)10-15(17(25)26)23-16(24)9-11-4-3-6-13(8-11)18(20,21)22/h1-8,15H,9-10H2,(H,23,24)(H,25,26)/t15-/m0/s1. The normalized spacial score (nSPS) is 12.5. The van der Waals surface area contributed by atoms with Gasteiger partial charge in [0.15, 0.2) is 0 Å². The molecule has 0 unspecified atom stereocenters. The molecule has 0 heterocycles. The van der Waals surface area contributed by atoms with Gasteiger partial charge in [-0.3, -0.25) is 4.79 Å². The molecule has 138 valence electrons. The van der Waals surface area contributed by atoms with Gasteiger partial charge in [0.25, 0.3) is 0 Å². The van der Waals surface area contributed by atoms with E-state index in [0.29, 0.717) is 10.6 Å². The van der Waals surface area contributed by atoms with Gasteiger partial charge in [-0.1, -0.05) is 48.0 Å². The molecule has 1 atom stereocenters.